The second-order valence-electron chi connectivity index (χ2n) is 3.16. The Hall–Kier alpha value is -2.10. The monoisotopic (exact) mass is 184 g/mol. The van der Waals surface area contributed by atoms with E-state index in [2.05, 4.69) is 9.97 Å². The molecule has 0 saturated heterocycles. The molecule has 0 aliphatic heterocycles. The quantitative estimate of drug-likeness (QED) is 0.536. The number of fused-ring (bicyclic) bond motifs is 3. The van der Waals surface area contributed by atoms with Gasteiger partial charge in [-0.05, 0) is 12.1 Å². The number of pyridine rings is 2. The Morgan fingerprint density at radius 3 is 1.93 bits per heavy atom. The summed E-state index contributed by atoms with van der Waals surface area (Å²) in [7, 11) is 0. The van der Waals surface area contributed by atoms with Gasteiger partial charge in [0.2, 0.25) is 0 Å². The van der Waals surface area contributed by atoms with Gasteiger partial charge in [0.1, 0.15) is 0 Å². The SMILES string of the molecule is Nn1c2ccncc2c2cnccc21. The van der Waals surface area contributed by atoms with Crippen LogP contribution in [0.3, 0.4) is 0 Å². The lowest BCUT2D eigenvalue weighted by Crippen LogP contribution is -2.06. The van der Waals surface area contributed by atoms with Crippen molar-refractivity contribution in [2.75, 3.05) is 5.84 Å². The maximum atomic E-state index is 5.94. The van der Waals surface area contributed by atoms with Crippen molar-refractivity contribution in [3.8, 4) is 0 Å². The molecule has 0 saturated carbocycles. The number of hydrogen-bond acceptors (Lipinski definition) is 3. The molecule has 0 aromatic carbocycles. The Labute approximate surface area is 80.0 Å². The Balaban J connectivity index is 2.69. The highest BCUT2D eigenvalue weighted by Gasteiger charge is 2.06. The van der Waals surface area contributed by atoms with E-state index in [4.69, 9.17) is 5.84 Å². The summed E-state index contributed by atoms with van der Waals surface area (Å²) in [4.78, 5) is 8.16. The van der Waals surface area contributed by atoms with Crippen molar-refractivity contribution >= 4 is 21.8 Å². The van der Waals surface area contributed by atoms with Gasteiger partial charge in [0.25, 0.3) is 0 Å². The van der Waals surface area contributed by atoms with Gasteiger partial charge < -0.3 is 5.84 Å². The van der Waals surface area contributed by atoms with E-state index in [9.17, 15) is 0 Å². The molecule has 4 nitrogen and oxygen atoms in total. The molecule has 14 heavy (non-hydrogen) atoms. The van der Waals surface area contributed by atoms with Crippen LogP contribution in [-0.4, -0.2) is 14.6 Å². The molecule has 0 aliphatic rings. The summed E-state index contributed by atoms with van der Waals surface area (Å²) in [5, 5.41) is 2.08. The summed E-state index contributed by atoms with van der Waals surface area (Å²) in [6.45, 7) is 0. The molecule has 3 aromatic heterocycles. The van der Waals surface area contributed by atoms with Gasteiger partial charge in [0, 0.05) is 35.6 Å². The van der Waals surface area contributed by atoms with E-state index in [1.165, 1.54) is 0 Å². The molecule has 3 heterocycles. The van der Waals surface area contributed by atoms with Crippen LogP contribution < -0.4 is 5.84 Å². The van der Waals surface area contributed by atoms with E-state index < -0.39 is 0 Å². The maximum absolute atomic E-state index is 5.94. The van der Waals surface area contributed by atoms with Crippen LogP contribution >= 0.6 is 0 Å². The van der Waals surface area contributed by atoms with Crippen LogP contribution in [0.5, 0.6) is 0 Å². The number of rotatable bonds is 0. The summed E-state index contributed by atoms with van der Waals surface area (Å²) in [5.74, 6) is 5.94. The predicted octanol–water partition coefficient (Wildman–Crippen LogP) is 1.30. The summed E-state index contributed by atoms with van der Waals surface area (Å²) < 4.78 is 1.66. The van der Waals surface area contributed by atoms with Crippen molar-refractivity contribution in [2.24, 2.45) is 0 Å². The van der Waals surface area contributed by atoms with Gasteiger partial charge in [-0.3, -0.25) is 14.6 Å². The van der Waals surface area contributed by atoms with Gasteiger partial charge in [-0.15, -0.1) is 0 Å². The van der Waals surface area contributed by atoms with Crippen LogP contribution in [0, 0.1) is 0 Å². The number of nitrogen functional groups attached to an aromatic ring is 1. The topological polar surface area (TPSA) is 56.7 Å². The van der Waals surface area contributed by atoms with E-state index in [0.29, 0.717) is 0 Å². The van der Waals surface area contributed by atoms with Crippen molar-refractivity contribution in [1.82, 2.24) is 14.6 Å². The van der Waals surface area contributed by atoms with Crippen LogP contribution in [0.4, 0.5) is 0 Å². The van der Waals surface area contributed by atoms with E-state index in [1.807, 2.05) is 24.5 Å². The second-order valence-corrected chi connectivity index (χ2v) is 3.16. The highest BCUT2D eigenvalue weighted by atomic mass is 15.3. The van der Waals surface area contributed by atoms with Crippen LogP contribution in [-0.2, 0) is 0 Å². The number of nitrogens with zero attached hydrogens (tertiary/aromatic N) is 3. The maximum Gasteiger partial charge on any atom is 0.0735 e. The van der Waals surface area contributed by atoms with E-state index >= 15 is 0 Å². The van der Waals surface area contributed by atoms with Crippen molar-refractivity contribution in [2.45, 2.75) is 0 Å². The zero-order chi connectivity index (χ0) is 9.54. The van der Waals surface area contributed by atoms with Crippen LogP contribution in [0.2, 0.25) is 0 Å². The van der Waals surface area contributed by atoms with Crippen molar-refractivity contribution < 1.29 is 0 Å². The second kappa shape index (κ2) is 2.45. The predicted molar refractivity (Wildman–Crippen MR) is 55.2 cm³/mol. The molecule has 3 rings (SSSR count). The lowest BCUT2D eigenvalue weighted by atomic mass is 10.2. The smallest absolute Gasteiger partial charge is 0.0735 e. The molecule has 4 heteroatoms. The summed E-state index contributed by atoms with van der Waals surface area (Å²) in [6, 6.07) is 3.80. The van der Waals surface area contributed by atoms with Crippen LogP contribution in [0.15, 0.2) is 36.9 Å². The first-order valence-electron chi connectivity index (χ1n) is 4.31. The molecule has 0 amide bonds. The Bertz CT molecular complexity index is 558. The fourth-order valence-corrected chi connectivity index (χ4v) is 1.74. The zero-order valence-corrected chi connectivity index (χ0v) is 7.38. The number of nitrogens with two attached hydrogens (primary N) is 1. The van der Waals surface area contributed by atoms with E-state index in [0.717, 1.165) is 21.8 Å². The molecule has 0 spiro atoms. The van der Waals surface area contributed by atoms with Crippen molar-refractivity contribution in [3.05, 3.63) is 36.9 Å². The fourth-order valence-electron chi connectivity index (χ4n) is 1.74. The molecule has 3 aromatic rings. The lowest BCUT2D eigenvalue weighted by Gasteiger charge is -1.95. The standard InChI is InChI=1S/C10H8N4/c11-14-9-1-3-12-5-7(9)8-6-13-4-2-10(8)14/h1-6H,11H2. The van der Waals surface area contributed by atoms with Gasteiger partial charge in [-0.25, -0.2) is 0 Å². The molecule has 68 valence electrons. The molecule has 0 radical (unpaired) electrons. The molecular formula is C10H8N4. The first-order chi connectivity index (χ1) is 6.88. The summed E-state index contributed by atoms with van der Waals surface area (Å²) in [5.41, 5.74) is 1.95. The zero-order valence-electron chi connectivity index (χ0n) is 7.38. The molecule has 0 unspecified atom stereocenters. The first kappa shape index (κ1) is 7.32. The van der Waals surface area contributed by atoms with Gasteiger partial charge in [0.15, 0.2) is 0 Å². The average Bonchev–Trinajstić information content (AvgIpc) is 2.55. The van der Waals surface area contributed by atoms with Crippen LogP contribution in [0.1, 0.15) is 0 Å². The molecule has 0 aliphatic carbocycles. The molecular weight excluding hydrogens is 176 g/mol. The average molecular weight is 184 g/mol. The van der Waals surface area contributed by atoms with E-state index in [-0.39, 0.29) is 0 Å². The minimum atomic E-state index is 0.975. The fraction of sp³-hybridized carbons (Fsp3) is 0. The highest BCUT2D eigenvalue weighted by molar-refractivity contribution is 6.07. The number of aromatic nitrogens is 3. The minimum absolute atomic E-state index is 0.975. The molecule has 0 atom stereocenters. The summed E-state index contributed by atoms with van der Waals surface area (Å²) in [6.07, 6.45) is 7.08. The number of hydrogen-bond donors (Lipinski definition) is 1. The summed E-state index contributed by atoms with van der Waals surface area (Å²) >= 11 is 0. The van der Waals surface area contributed by atoms with Crippen LogP contribution in [0.25, 0.3) is 21.8 Å². The lowest BCUT2D eigenvalue weighted by molar-refractivity contribution is 1.11. The van der Waals surface area contributed by atoms with Gasteiger partial charge in [0.05, 0.1) is 11.0 Å². The Kier molecular flexibility index (Phi) is 1.28. The van der Waals surface area contributed by atoms with E-state index in [1.54, 1.807) is 17.1 Å². The Morgan fingerprint density at radius 1 is 0.929 bits per heavy atom. The van der Waals surface area contributed by atoms with Crippen molar-refractivity contribution in [3.63, 3.8) is 0 Å². The van der Waals surface area contributed by atoms with Gasteiger partial charge >= 0.3 is 0 Å². The first-order valence-corrected chi connectivity index (χ1v) is 4.31. The third-order valence-electron chi connectivity index (χ3n) is 2.41. The third kappa shape index (κ3) is 0.771. The molecule has 0 fully saturated rings. The van der Waals surface area contributed by atoms with Crippen molar-refractivity contribution in [1.29, 1.82) is 0 Å². The molecule has 0 bridgehead atoms. The molecule has 2 N–H and O–H groups in total. The minimum Gasteiger partial charge on any atom is -0.339 e. The van der Waals surface area contributed by atoms with Gasteiger partial charge in [-0.1, -0.05) is 0 Å². The largest absolute Gasteiger partial charge is 0.339 e. The Morgan fingerprint density at radius 2 is 1.43 bits per heavy atom. The highest BCUT2D eigenvalue weighted by Crippen LogP contribution is 2.24. The van der Waals surface area contributed by atoms with Gasteiger partial charge in [-0.2, -0.15) is 0 Å². The normalized spacial score (nSPS) is 11.1. The third-order valence-corrected chi connectivity index (χ3v) is 2.41.